The number of benzene rings is 1. The van der Waals surface area contributed by atoms with Gasteiger partial charge in [0.1, 0.15) is 4.99 Å². The van der Waals surface area contributed by atoms with Crippen LogP contribution in [-0.4, -0.2) is 26.6 Å². The van der Waals surface area contributed by atoms with Crippen LogP contribution in [0.2, 0.25) is 0 Å². The van der Waals surface area contributed by atoms with Crippen LogP contribution in [0.4, 0.5) is 10.5 Å². The molecule has 4 N–H and O–H groups in total. The first-order valence-electron chi connectivity index (χ1n) is 5.04. The van der Waals surface area contributed by atoms with Crippen molar-refractivity contribution in [1.82, 2.24) is 4.72 Å². The predicted octanol–water partition coefficient (Wildman–Crippen LogP) is 0.642. The van der Waals surface area contributed by atoms with E-state index in [1.165, 1.54) is 6.07 Å². The van der Waals surface area contributed by atoms with Crippen molar-refractivity contribution >= 4 is 39.2 Å². The smallest absolute Gasteiger partial charge is 0.422 e. The van der Waals surface area contributed by atoms with E-state index in [1.54, 1.807) is 23.8 Å². The molecule has 1 aromatic carbocycles. The molecule has 0 bridgehead atoms. The summed E-state index contributed by atoms with van der Waals surface area (Å²) in [6.45, 7) is 1.69. The number of hydrogen-bond acceptors (Lipinski definition) is 5. The second kappa shape index (κ2) is 5.85. The predicted molar refractivity (Wildman–Crippen MR) is 75.1 cm³/mol. The lowest BCUT2D eigenvalue weighted by Crippen LogP contribution is -2.35. The molecule has 0 heterocycles. The summed E-state index contributed by atoms with van der Waals surface area (Å²) >= 11 is 4.81. The van der Waals surface area contributed by atoms with Crippen LogP contribution >= 0.6 is 12.2 Å². The Morgan fingerprint density at radius 2 is 2.05 bits per heavy atom. The number of carbonyl (C=O) groups is 1. The van der Waals surface area contributed by atoms with Crippen LogP contribution in [0.1, 0.15) is 11.1 Å². The van der Waals surface area contributed by atoms with Gasteiger partial charge in [0.2, 0.25) is 0 Å². The van der Waals surface area contributed by atoms with Crippen LogP contribution in [0.5, 0.6) is 0 Å². The van der Waals surface area contributed by atoms with E-state index >= 15 is 0 Å². The Labute approximate surface area is 116 Å². The van der Waals surface area contributed by atoms with E-state index in [0.29, 0.717) is 11.1 Å². The van der Waals surface area contributed by atoms with Crippen LogP contribution in [0.25, 0.3) is 0 Å². The van der Waals surface area contributed by atoms with Crippen LogP contribution in [-0.2, 0) is 14.9 Å². The van der Waals surface area contributed by atoms with E-state index in [4.69, 9.17) is 18.0 Å². The Morgan fingerprint density at radius 1 is 1.42 bits per heavy atom. The molecule has 0 saturated carbocycles. The average Bonchev–Trinajstić information content (AvgIpc) is 2.30. The zero-order valence-electron chi connectivity index (χ0n) is 10.3. The monoisotopic (exact) mass is 303 g/mol. The summed E-state index contributed by atoms with van der Waals surface area (Å²) in [6.07, 6.45) is -1.09. The number of rotatable bonds is 4. The molecule has 7 nitrogen and oxygen atoms in total. The summed E-state index contributed by atoms with van der Waals surface area (Å²) in [4.78, 5) is 11.0. The van der Waals surface area contributed by atoms with E-state index in [9.17, 15) is 13.2 Å². The third-order valence-electron chi connectivity index (χ3n) is 2.17. The molecule has 1 aromatic rings. The average molecular weight is 303 g/mol. The van der Waals surface area contributed by atoms with Gasteiger partial charge in [-0.25, -0.2) is 9.52 Å². The molecule has 104 valence electrons. The zero-order chi connectivity index (χ0) is 14.6. The highest BCUT2D eigenvalue weighted by molar-refractivity contribution is 7.91. The number of nitrogens with one attached hydrogen (secondary N) is 2. The third kappa shape index (κ3) is 4.38. The molecule has 0 aliphatic rings. The molecule has 0 atom stereocenters. The molecule has 0 radical (unpaired) electrons. The van der Waals surface area contributed by atoms with Crippen LogP contribution < -0.4 is 15.2 Å². The highest BCUT2D eigenvalue weighted by atomic mass is 32.2. The van der Waals surface area contributed by atoms with Crippen molar-refractivity contribution in [1.29, 1.82) is 0 Å². The maximum atomic E-state index is 11.6. The van der Waals surface area contributed by atoms with Gasteiger partial charge in [0.25, 0.3) is 0 Å². The first-order valence-corrected chi connectivity index (χ1v) is 6.93. The van der Waals surface area contributed by atoms with Crippen LogP contribution in [0, 0.1) is 6.92 Å². The van der Waals surface area contributed by atoms with Crippen LogP contribution in [0.3, 0.4) is 0 Å². The van der Waals surface area contributed by atoms with Crippen molar-refractivity contribution in [2.45, 2.75) is 6.92 Å². The molecule has 9 heteroatoms. The van der Waals surface area contributed by atoms with E-state index in [1.807, 2.05) is 0 Å². The Kier molecular flexibility index (Phi) is 4.67. The fraction of sp³-hybridized carbons (Fsp3) is 0.200. The molecule has 1 rings (SSSR count). The number of methoxy groups -OCH3 is 1. The molecule has 1 amide bonds. The molecular weight excluding hydrogens is 290 g/mol. The maximum absolute atomic E-state index is 11.6. The molecule has 19 heavy (non-hydrogen) atoms. The lowest BCUT2D eigenvalue weighted by molar-refractivity contribution is 0.177. The van der Waals surface area contributed by atoms with Gasteiger partial charge in [-0.05, 0) is 18.6 Å². The molecule has 0 unspecified atom stereocenters. The largest absolute Gasteiger partial charge is 0.452 e. The quantitative estimate of drug-likeness (QED) is 0.704. The summed E-state index contributed by atoms with van der Waals surface area (Å²) in [5.41, 5.74) is 6.89. The van der Waals surface area contributed by atoms with Crippen molar-refractivity contribution < 1.29 is 17.9 Å². The standard InChI is InChI=1S/C10H13N3O4S2/c1-6-3-4-7(9(11)18)5-8(6)12-19(15,16)13-10(14)17-2/h3-5,12H,1-2H3,(H2,11,18)(H,13,14). The Bertz CT molecular complexity index is 613. The number of amides is 1. The van der Waals surface area contributed by atoms with Gasteiger partial charge in [-0.3, -0.25) is 4.72 Å². The van der Waals surface area contributed by atoms with E-state index in [-0.39, 0.29) is 10.7 Å². The summed E-state index contributed by atoms with van der Waals surface area (Å²) in [5, 5.41) is 0. The molecule has 0 fully saturated rings. The van der Waals surface area contributed by atoms with E-state index in [2.05, 4.69) is 9.46 Å². The topological polar surface area (TPSA) is 111 Å². The normalized spacial score (nSPS) is 10.6. The van der Waals surface area contributed by atoms with Gasteiger partial charge in [0.15, 0.2) is 0 Å². The first kappa shape index (κ1) is 15.2. The third-order valence-corrected chi connectivity index (χ3v) is 3.33. The summed E-state index contributed by atoms with van der Waals surface area (Å²) in [7, 11) is -3.01. The minimum atomic E-state index is -4.07. The van der Waals surface area contributed by atoms with Crippen molar-refractivity contribution in [3.63, 3.8) is 0 Å². The number of aryl methyl sites for hydroxylation is 1. The second-order valence-electron chi connectivity index (χ2n) is 3.59. The maximum Gasteiger partial charge on any atom is 0.422 e. The highest BCUT2D eigenvalue weighted by Gasteiger charge is 2.15. The Hall–Kier alpha value is -1.87. The molecule has 0 aromatic heterocycles. The Morgan fingerprint density at radius 3 is 2.58 bits per heavy atom. The van der Waals surface area contributed by atoms with Crippen LogP contribution in [0.15, 0.2) is 18.2 Å². The summed E-state index contributed by atoms with van der Waals surface area (Å²) in [6, 6.07) is 4.81. The van der Waals surface area contributed by atoms with Gasteiger partial charge in [0, 0.05) is 5.56 Å². The van der Waals surface area contributed by atoms with Crippen molar-refractivity contribution in [3.8, 4) is 0 Å². The lowest BCUT2D eigenvalue weighted by atomic mass is 10.1. The van der Waals surface area contributed by atoms with Crippen molar-refractivity contribution in [2.24, 2.45) is 5.73 Å². The number of hydrogen-bond donors (Lipinski definition) is 3. The van der Waals surface area contributed by atoms with Crippen molar-refractivity contribution in [3.05, 3.63) is 29.3 Å². The minimum absolute atomic E-state index is 0.140. The second-order valence-corrected chi connectivity index (χ2v) is 5.45. The summed E-state index contributed by atoms with van der Waals surface area (Å²) in [5.74, 6) is 0. The fourth-order valence-corrected chi connectivity index (χ4v) is 2.20. The molecule has 0 aliphatic heterocycles. The molecule has 0 aliphatic carbocycles. The lowest BCUT2D eigenvalue weighted by Gasteiger charge is -2.12. The highest BCUT2D eigenvalue weighted by Crippen LogP contribution is 2.17. The Balaban J connectivity index is 3.02. The van der Waals surface area contributed by atoms with Gasteiger partial charge in [0.05, 0.1) is 12.8 Å². The number of thiocarbonyl (C=S) groups is 1. The molecule has 0 spiro atoms. The molecular formula is C10H13N3O4S2. The van der Waals surface area contributed by atoms with Gasteiger partial charge in [-0.1, -0.05) is 24.4 Å². The zero-order valence-corrected chi connectivity index (χ0v) is 11.9. The SMILES string of the molecule is COC(=O)NS(=O)(=O)Nc1cc(C(N)=S)ccc1C. The van der Waals surface area contributed by atoms with Gasteiger partial charge < -0.3 is 10.5 Å². The number of anilines is 1. The fourth-order valence-electron chi connectivity index (χ4n) is 1.21. The summed E-state index contributed by atoms with van der Waals surface area (Å²) < 4.78 is 31.3. The first-order chi connectivity index (χ1) is 8.75. The van der Waals surface area contributed by atoms with E-state index < -0.39 is 16.3 Å². The number of ether oxygens (including phenoxy) is 1. The molecule has 0 saturated heterocycles. The van der Waals surface area contributed by atoms with Gasteiger partial charge in [-0.15, -0.1) is 0 Å². The minimum Gasteiger partial charge on any atom is -0.452 e. The van der Waals surface area contributed by atoms with Gasteiger partial charge in [-0.2, -0.15) is 8.42 Å². The van der Waals surface area contributed by atoms with E-state index in [0.717, 1.165) is 7.11 Å². The number of nitrogens with two attached hydrogens (primary N) is 1. The van der Waals surface area contributed by atoms with Crippen molar-refractivity contribution in [2.75, 3.05) is 11.8 Å². The van der Waals surface area contributed by atoms with Gasteiger partial charge >= 0.3 is 16.3 Å². The number of carbonyl (C=O) groups excluding carboxylic acids is 1.